The fraction of sp³-hybridized carbons (Fsp3) is 0.222. The molecule has 0 bridgehead atoms. The average molecular weight is 309 g/mol. The number of nitrogens with zero attached hydrogens (tertiary/aromatic N) is 2. The quantitative estimate of drug-likeness (QED) is 0.803. The van der Waals surface area contributed by atoms with Gasteiger partial charge < -0.3 is 10.1 Å². The van der Waals surface area contributed by atoms with E-state index in [0.29, 0.717) is 11.4 Å². The molecule has 0 spiro atoms. The van der Waals surface area contributed by atoms with Crippen LogP contribution in [0.4, 0.5) is 5.69 Å². The minimum absolute atomic E-state index is 0.152. The molecule has 0 saturated carbocycles. The third kappa shape index (κ3) is 2.90. The molecule has 0 atom stereocenters. The Balaban J connectivity index is 1.85. The van der Waals surface area contributed by atoms with Gasteiger partial charge in [-0.05, 0) is 42.3 Å². The zero-order chi connectivity index (χ0) is 16.4. The van der Waals surface area contributed by atoms with Crippen molar-refractivity contribution in [2.24, 2.45) is 7.05 Å². The lowest BCUT2D eigenvalue weighted by Gasteiger charge is -2.06. The van der Waals surface area contributed by atoms with Gasteiger partial charge in [-0.1, -0.05) is 19.1 Å². The molecule has 23 heavy (non-hydrogen) atoms. The maximum Gasteiger partial charge on any atom is 0.255 e. The fourth-order valence-electron chi connectivity index (χ4n) is 2.59. The Morgan fingerprint density at radius 3 is 2.61 bits per heavy atom. The normalized spacial score (nSPS) is 10.7. The molecule has 5 heteroatoms. The summed E-state index contributed by atoms with van der Waals surface area (Å²) in [7, 11) is 3.42. The number of nitrogens with one attached hydrogen (secondary N) is 1. The van der Waals surface area contributed by atoms with Crippen LogP contribution in [-0.2, 0) is 13.5 Å². The van der Waals surface area contributed by atoms with Crippen LogP contribution < -0.4 is 10.1 Å². The molecule has 1 heterocycles. The fourth-order valence-corrected chi connectivity index (χ4v) is 2.59. The van der Waals surface area contributed by atoms with Gasteiger partial charge in [0.2, 0.25) is 5.88 Å². The summed E-state index contributed by atoms with van der Waals surface area (Å²) in [6, 6.07) is 13.3. The topological polar surface area (TPSA) is 56.1 Å². The Morgan fingerprint density at radius 2 is 1.96 bits per heavy atom. The molecular formula is C18H19N3O2. The van der Waals surface area contributed by atoms with Crippen molar-refractivity contribution in [3.8, 4) is 5.88 Å². The summed E-state index contributed by atoms with van der Waals surface area (Å²) in [5, 5.41) is 8.16. The molecule has 5 nitrogen and oxygen atoms in total. The number of methoxy groups -OCH3 is 1. The summed E-state index contributed by atoms with van der Waals surface area (Å²) < 4.78 is 6.98. The number of rotatable bonds is 4. The van der Waals surface area contributed by atoms with E-state index in [1.807, 2.05) is 37.4 Å². The number of hydrogen-bond donors (Lipinski definition) is 1. The second kappa shape index (κ2) is 6.12. The van der Waals surface area contributed by atoms with Gasteiger partial charge in [0, 0.05) is 18.3 Å². The molecule has 0 unspecified atom stereocenters. The predicted octanol–water partition coefficient (Wildman–Crippen LogP) is 3.40. The maximum absolute atomic E-state index is 12.4. The maximum atomic E-state index is 12.4. The monoisotopic (exact) mass is 309 g/mol. The molecule has 0 aliphatic heterocycles. The van der Waals surface area contributed by atoms with Crippen LogP contribution in [0.15, 0.2) is 42.5 Å². The molecule has 3 rings (SSSR count). The number of carbonyl (C=O) groups excluding carboxylic acids is 1. The van der Waals surface area contributed by atoms with Crippen molar-refractivity contribution in [1.82, 2.24) is 9.78 Å². The Kier molecular flexibility index (Phi) is 4.02. The Labute approximate surface area is 134 Å². The van der Waals surface area contributed by atoms with E-state index in [2.05, 4.69) is 17.3 Å². The van der Waals surface area contributed by atoms with E-state index in [-0.39, 0.29) is 5.91 Å². The second-order valence-corrected chi connectivity index (χ2v) is 5.37. The standard InChI is InChI=1S/C18H19N3O2/c1-4-12-5-8-14(9-6-12)19-17(22)13-7-10-15-16(11-13)20-21(2)18(15)23-3/h5-11H,4H2,1-3H3,(H,19,22). The predicted molar refractivity (Wildman–Crippen MR) is 91.0 cm³/mol. The summed E-state index contributed by atoms with van der Waals surface area (Å²) in [6.45, 7) is 2.10. The van der Waals surface area contributed by atoms with Crippen molar-refractivity contribution < 1.29 is 9.53 Å². The summed E-state index contributed by atoms with van der Waals surface area (Å²) >= 11 is 0. The lowest BCUT2D eigenvalue weighted by Crippen LogP contribution is -2.11. The van der Waals surface area contributed by atoms with Gasteiger partial charge in [0.25, 0.3) is 5.91 Å². The summed E-state index contributed by atoms with van der Waals surface area (Å²) in [6.07, 6.45) is 0.979. The number of ether oxygens (including phenoxy) is 1. The van der Waals surface area contributed by atoms with Crippen molar-refractivity contribution in [2.75, 3.05) is 12.4 Å². The van der Waals surface area contributed by atoms with Gasteiger partial charge in [-0.25, -0.2) is 4.68 Å². The number of hydrogen-bond acceptors (Lipinski definition) is 3. The van der Waals surface area contributed by atoms with E-state index in [4.69, 9.17) is 4.74 Å². The molecule has 118 valence electrons. The van der Waals surface area contributed by atoms with E-state index in [9.17, 15) is 4.79 Å². The van der Waals surface area contributed by atoms with Crippen LogP contribution >= 0.6 is 0 Å². The van der Waals surface area contributed by atoms with Gasteiger partial charge in [0.15, 0.2) is 0 Å². The Hall–Kier alpha value is -2.82. The van der Waals surface area contributed by atoms with Crippen LogP contribution in [0.5, 0.6) is 5.88 Å². The van der Waals surface area contributed by atoms with E-state index >= 15 is 0 Å². The highest BCUT2D eigenvalue weighted by molar-refractivity contribution is 6.06. The lowest BCUT2D eigenvalue weighted by atomic mass is 10.1. The number of aromatic nitrogens is 2. The molecule has 1 amide bonds. The number of fused-ring (bicyclic) bond motifs is 1. The summed E-state index contributed by atoms with van der Waals surface area (Å²) in [4.78, 5) is 12.4. The summed E-state index contributed by atoms with van der Waals surface area (Å²) in [5.74, 6) is 0.530. The first-order chi connectivity index (χ1) is 11.1. The number of anilines is 1. The first kappa shape index (κ1) is 15.1. The van der Waals surface area contributed by atoms with Crippen molar-refractivity contribution in [1.29, 1.82) is 0 Å². The van der Waals surface area contributed by atoms with Crippen LogP contribution in [0.3, 0.4) is 0 Å². The van der Waals surface area contributed by atoms with Gasteiger partial charge in [-0.2, -0.15) is 5.10 Å². The van der Waals surface area contributed by atoms with Crippen LogP contribution in [0.2, 0.25) is 0 Å². The van der Waals surface area contributed by atoms with Crippen molar-refractivity contribution in [3.63, 3.8) is 0 Å². The number of benzene rings is 2. The Morgan fingerprint density at radius 1 is 1.22 bits per heavy atom. The van der Waals surface area contributed by atoms with Crippen LogP contribution in [0.25, 0.3) is 10.9 Å². The molecule has 3 aromatic rings. The Bertz CT molecular complexity index is 851. The highest BCUT2D eigenvalue weighted by Crippen LogP contribution is 2.25. The number of amides is 1. The van der Waals surface area contributed by atoms with Gasteiger partial charge in [-0.3, -0.25) is 4.79 Å². The zero-order valence-corrected chi connectivity index (χ0v) is 13.5. The van der Waals surface area contributed by atoms with E-state index < -0.39 is 0 Å². The van der Waals surface area contributed by atoms with E-state index in [0.717, 1.165) is 23.0 Å². The molecule has 1 N–H and O–H groups in total. The highest BCUT2D eigenvalue weighted by atomic mass is 16.5. The third-order valence-corrected chi connectivity index (χ3v) is 3.86. The number of aryl methyl sites for hydroxylation is 2. The molecule has 0 saturated heterocycles. The average Bonchev–Trinajstić information content (AvgIpc) is 2.89. The second-order valence-electron chi connectivity index (χ2n) is 5.37. The number of carbonyl (C=O) groups is 1. The van der Waals surface area contributed by atoms with Crippen LogP contribution in [-0.4, -0.2) is 22.8 Å². The highest BCUT2D eigenvalue weighted by Gasteiger charge is 2.13. The lowest BCUT2D eigenvalue weighted by molar-refractivity contribution is 0.102. The molecule has 0 aliphatic rings. The smallest absolute Gasteiger partial charge is 0.255 e. The third-order valence-electron chi connectivity index (χ3n) is 3.86. The largest absolute Gasteiger partial charge is 0.481 e. The SMILES string of the molecule is CCc1ccc(NC(=O)c2ccc3c(OC)n(C)nc3c2)cc1. The van der Waals surface area contributed by atoms with Crippen molar-refractivity contribution in [3.05, 3.63) is 53.6 Å². The van der Waals surface area contributed by atoms with Gasteiger partial charge >= 0.3 is 0 Å². The van der Waals surface area contributed by atoms with Gasteiger partial charge in [0.05, 0.1) is 18.0 Å². The zero-order valence-electron chi connectivity index (χ0n) is 13.5. The van der Waals surface area contributed by atoms with E-state index in [1.54, 1.807) is 23.9 Å². The van der Waals surface area contributed by atoms with Gasteiger partial charge in [-0.15, -0.1) is 0 Å². The first-order valence-electron chi connectivity index (χ1n) is 7.53. The van der Waals surface area contributed by atoms with Crippen molar-refractivity contribution in [2.45, 2.75) is 13.3 Å². The molecular weight excluding hydrogens is 290 g/mol. The molecule has 0 fully saturated rings. The van der Waals surface area contributed by atoms with Crippen LogP contribution in [0, 0.1) is 0 Å². The van der Waals surface area contributed by atoms with E-state index in [1.165, 1.54) is 5.56 Å². The molecule has 2 aromatic carbocycles. The van der Waals surface area contributed by atoms with Crippen molar-refractivity contribution >= 4 is 22.5 Å². The van der Waals surface area contributed by atoms with Gasteiger partial charge in [0.1, 0.15) is 0 Å². The van der Waals surface area contributed by atoms with Crippen LogP contribution in [0.1, 0.15) is 22.8 Å². The molecule has 0 radical (unpaired) electrons. The summed E-state index contributed by atoms with van der Waals surface area (Å²) in [5.41, 5.74) is 3.33. The first-order valence-corrected chi connectivity index (χ1v) is 7.53. The minimum atomic E-state index is -0.152. The molecule has 1 aromatic heterocycles. The molecule has 0 aliphatic carbocycles. The minimum Gasteiger partial charge on any atom is -0.481 e.